The molecule has 5 heteroatoms. The normalized spacial score (nSPS) is 27.9. The van der Waals surface area contributed by atoms with E-state index in [9.17, 15) is 4.79 Å². The standard InChI is InChI=1S/C35H51NO4/c1-8-39-31(6)40-34-23-18-28(3)24-27(2)14-10-9-11-15-29(4)25-36(35(37)17-13-12-16-30(34)5)26-32-19-21-33(38-7)22-20-32/h9-10,12-14,16-22,29-31,34H,8,11,15,23-26H2,1-7H3/b10-9+,16-12+,17-13+,27-14+,28-18+/t29-,30-,31?,34-/m0/s1. The van der Waals surface area contributed by atoms with Gasteiger partial charge in [-0.05, 0) is 77.0 Å². The minimum Gasteiger partial charge on any atom is -0.497 e. The van der Waals surface area contributed by atoms with Crippen LogP contribution in [0.15, 0.2) is 84.0 Å². The van der Waals surface area contributed by atoms with Crippen LogP contribution < -0.4 is 4.74 Å². The number of hydrogen-bond donors (Lipinski definition) is 0. The van der Waals surface area contributed by atoms with Gasteiger partial charge < -0.3 is 19.1 Å². The van der Waals surface area contributed by atoms with Gasteiger partial charge >= 0.3 is 0 Å². The Labute approximate surface area is 243 Å². The van der Waals surface area contributed by atoms with Crippen LogP contribution in [-0.2, 0) is 20.8 Å². The molecule has 1 unspecified atom stereocenters. The van der Waals surface area contributed by atoms with Crippen molar-refractivity contribution in [3.63, 3.8) is 0 Å². The SMILES string of the molecule is CCOC(C)O[C@H]1C/C=C(\C)C/C(C)=C/C=C/CC[C@H](C)CN(Cc2ccc(OC)cc2)C(=O)/C=C/C=C/[C@@H]1C. The Morgan fingerprint density at radius 2 is 1.80 bits per heavy atom. The van der Waals surface area contributed by atoms with Crippen molar-refractivity contribution in [2.75, 3.05) is 20.3 Å². The van der Waals surface area contributed by atoms with Gasteiger partial charge in [-0.25, -0.2) is 0 Å². The summed E-state index contributed by atoms with van der Waals surface area (Å²) in [5, 5.41) is 0. The van der Waals surface area contributed by atoms with E-state index in [2.05, 4.69) is 58.1 Å². The molecule has 0 spiro atoms. The lowest BCUT2D eigenvalue weighted by molar-refractivity contribution is -0.163. The number of benzene rings is 1. The first-order valence-electron chi connectivity index (χ1n) is 14.7. The maximum atomic E-state index is 13.3. The van der Waals surface area contributed by atoms with Gasteiger partial charge in [0.05, 0.1) is 13.2 Å². The quantitative estimate of drug-likeness (QED) is 0.254. The van der Waals surface area contributed by atoms with Crippen molar-refractivity contribution in [1.29, 1.82) is 0 Å². The van der Waals surface area contributed by atoms with Crippen molar-refractivity contribution in [2.45, 2.75) is 86.2 Å². The van der Waals surface area contributed by atoms with Crippen LogP contribution in [0, 0.1) is 11.8 Å². The van der Waals surface area contributed by atoms with Crippen molar-refractivity contribution in [2.24, 2.45) is 11.8 Å². The summed E-state index contributed by atoms with van der Waals surface area (Å²) >= 11 is 0. The number of carbonyl (C=O) groups excluding carboxylic acids is 1. The molecule has 0 aromatic heterocycles. The number of rotatable bonds is 7. The molecule has 1 aliphatic heterocycles. The molecule has 4 atom stereocenters. The number of hydrogen-bond acceptors (Lipinski definition) is 4. The first-order valence-corrected chi connectivity index (χ1v) is 14.7. The first kappa shape index (κ1) is 33.3. The van der Waals surface area contributed by atoms with E-state index >= 15 is 0 Å². The molecule has 1 aromatic carbocycles. The number of allylic oxidation sites excluding steroid dienone is 7. The molecular weight excluding hydrogens is 498 g/mol. The fourth-order valence-corrected chi connectivity index (χ4v) is 4.77. The van der Waals surface area contributed by atoms with Crippen LogP contribution >= 0.6 is 0 Å². The second-order valence-electron chi connectivity index (χ2n) is 11.0. The maximum absolute atomic E-state index is 13.3. The van der Waals surface area contributed by atoms with Gasteiger partial charge in [0.25, 0.3) is 0 Å². The summed E-state index contributed by atoms with van der Waals surface area (Å²) in [6, 6.07) is 7.93. The zero-order valence-corrected chi connectivity index (χ0v) is 25.8. The van der Waals surface area contributed by atoms with Gasteiger partial charge in [-0.3, -0.25) is 4.79 Å². The summed E-state index contributed by atoms with van der Waals surface area (Å²) in [6.45, 7) is 14.5. The van der Waals surface area contributed by atoms with Crippen LogP contribution in [0.2, 0.25) is 0 Å². The number of amides is 1. The first-order chi connectivity index (χ1) is 19.2. The van der Waals surface area contributed by atoms with Crippen LogP contribution in [0.4, 0.5) is 0 Å². The highest BCUT2D eigenvalue weighted by molar-refractivity contribution is 5.87. The van der Waals surface area contributed by atoms with Crippen molar-refractivity contribution in [1.82, 2.24) is 4.90 Å². The summed E-state index contributed by atoms with van der Waals surface area (Å²) in [5.74, 6) is 1.35. The highest BCUT2D eigenvalue weighted by Gasteiger charge is 2.18. The van der Waals surface area contributed by atoms with Gasteiger partial charge in [0.1, 0.15) is 5.75 Å². The smallest absolute Gasteiger partial charge is 0.246 e. The maximum Gasteiger partial charge on any atom is 0.246 e. The van der Waals surface area contributed by atoms with E-state index in [4.69, 9.17) is 14.2 Å². The molecule has 40 heavy (non-hydrogen) atoms. The topological polar surface area (TPSA) is 48.0 Å². The van der Waals surface area contributed by atoms with Gasteiger partial charge in [0.2, 0.25) is 5.91 Å². The van der Waals surface area contributed by atoms with Gasteiger partial charge in [0, 0.05) is 31.7 Å². The molecule has 0 saturated carbocycles. The molecule has 0 N–H and O–H groups in total. The highest BCUT2D eigenvalue weighted by atomic mass is 16.7. The van der Waals surface area contributed by atoms with E-state index in [1.807, 2.05) is 55.2 Å². The van der Waals surface area contributed by atoms with Crippen molar-refractivity contribution in [3.05, 3.63) is 89.6 Å². The lowest BCUT2D eigenvalue weighted by atomic mass is 9.98. The predicted molar refractivity (Wildman–Crippen MR) is 166 cm³/mol. The summed E-state index contributed by atoms with van der Waals surface area (Å²) in [7, 11) is 1.66. The zero-order chi connectivity index (χ0) is 29.3. The van der Waals surface area contributed by atoms with E-state index < -0.39 is 0 Å². The van der Waals surface area contributed by atoms with E-state index in [1.165, 1.54) is 11.1 Å². The number of ether oxygens (including phenoxy) is 3. The Balaban J connectivity index is 2.28. The molecule has 1 aromatic rings. The zero-order valence-electron chi connectivity index (χ0n) is 25.8. The predicted octanol–water partition coefficient (Wildman–Crippen LogP) is 8.20. The summed E-state index contributed by atoms with van der Waals surface area (Å²) < 4.78 is 17.2. The summed E-state index contributed by atoms with van der Waals surface area (Å²) in [5.41, 5.74) is 3.75. The summed E-state index contributed by atoms with van der Waals surface area (Å²) in [6.07, 6.45) is 19.9. The molecule has 1 aliphatic rings. The molecule has 0 radical (unpaired) electrons. The molecule has 1 amide bonds. The Bertz CT molecular complexity index is 1030. The lowest BCUT2D eigenvalue weighted by Crippen LogP contribution is -2.33. The molecule has 0 saturated heterocycles. The average Bonchev–Trinajstić information content (AvgIpc) is 2.92. The average molecular weight is 550 g/mol. The van der Waals surface area contributed by atoms with Crippen LogP contribution in [0.25, 0.3) is 0 Å². The van der Waals surface area contributed by atoms with Crippen LogP contribution in [0.1, 0.15) is 72.8 Å². The highest BCUT2D eigenvalue weighted by Crippen LogP contribution is 2.20. The Hall–Kier alpha value is -2.89. The van der Waals surface area contributed by atoms with Crippen molar-refractivity contribution < 1.29 is 19.0 Å². The minimum atomic E-state index is -0.275. The molecule has 0 bridgehead atoms. The molecule has 5 nitrogen and oxygen atoms in total. The number of methoxy groups -OCH3 is 1. The third kappa shape index (κ3) is 13.0. The second kappa shape index (κ2) is 18.5. The molecule has 1 heterocycles. The molecule has 2 rings (SSSR count). The van der Waals surface area contributed by atoms with Gasteiger partial charge in [-0.1, -0.05) is 79.7 Å². The second-order valence-corrected chi connectivity index (χ2v) is 11.0. The molecule has 0 aliphatic carbocycles. The van der Waals surface area contributed by atoms with E-state index in [1.54, 1.807) is 13.2 Å². The largest absolute Gasteiger partial charge is 0.497 e. The third-order valence-corrected chi connectivity index (χ3v) is 7.09. The number of carbonyl (C=O) groups is 1. The Morgan fingerprint density at radius 3 is 2.50 bits per heavy atom. The van der Waals surface area contributed by atoms with E-state index in [-0.39, 0.29) is 24.2 Å². The van der Waals surface area contributed by atoms with Gasteiger partial charge in [0.15, 0.2) is 6.29 Å². The summed E-state index contributed by atoms with van der Waals surface area (Å²) in [4.78, 5) is 15.2. The molecule has 220 valence electrons. The lowest BCUT2D eigenvalue weighted by Gasteiger charge is -2.25. The van der Waals surface area contributed by atoms with Crippen molar-refractivity contribution in [3.8, 4) is 5.75 Å². The van der Waals surface area contributed by atoms with Gasteiger partial charge in [-0.2, -0.15) is 0 Å². The fraction of sp³-hybridized carbons (Fsp3) is 0.514. The Morgan fingerprint density at radius 1 is 1.05 bits per heavy atom. The van der Waals surface area contributed by atoms with Crippen LogP contribution in [0.3, 0.4) is 0 Å². The molecular formula is C35H51NO4. The van der Waals surface area contributed by atoms with Crippen LogP contribution in [0.5, 0.6) is 5.75 Å². The molecule has 0 fully saturated rings. The Kier molecular flexibility index (Phi) is 15.4. The van der Waals surface area contributed by atoms with E-state index in [0.29, 0.717) is 25.6 Å². The third-order valence-electron chi connectivity index (χ3n) is 7.09. The monoisotopic (exact) mass is 549 g/mol. The van der Waals surface area contributed by atoms with Gasteiger partial charge in [-0.15, -0.1) is 0 Å². The fourth-order valence-electron chi connectivity index (χ4n) is 4.77. The van der Waals surface area contributed by atoms with E-state index in [0.717, 1.165) is 37.0 Å². The minimum absolute atomic E-state index is 0.0137. The van der Waals surface area contributed by atoms with Crippen molar-refractivity contribution >= 4 is 5.91 Å². The number of nitrogens with zero attached hydrogens (tertiary/aromatic N) is 1. The van der Waals surface area contributed by atoms with Crippen LogP contribution in [-0.4, -0.2) is 43.5 Å².